The number of carbonyl (C=O) groups is 1. The van der Waals surface area contributed by atoms with Crippen LogP contribution < -0.4 is 10.6 Å². The molecule has 20 heavy (non-hydrogen) atoms. The summed E-state index contributed by atoms with van der Waals surface area (Å²) in [6.07, 6.45) is 0.502. The minimum atomic E-state index is 0.0359. The Morgan fingerprint density at radius 2 is 2.20 bits per heavy atom. The molecular formula is C14H15N3OS2. The van der Waals surface area contributed by atoms with Gasteiger partial charge in [0.15, 0.2) is 5.13 Å². The highest BCUT2D eigenvalue weighted by Crippen LogP contribution is 2.26. The molecule has 0 radical (unpaired) electrons. The molecule has 1 aliphatic heterocycles. The van der Waals surface area contributed by atoms with E-state index in [2.05, 4.69) is 27.8 Å². The van der Waals surface area contributed by atoms with Crippen LogP contribution in [0.25, 0.3) is 0 Å². The lowest BCUT2D eigenvalue weighted by Crippen LogP contribution is -2.12. The van der Waals surface area contributed by atoms with E-state index >= 15 is 0 Å². The first-order valence-corrected chi connectivity index (χ1v) is 8.28. The summed E-state index contributed by atoms with van der Waals surface area (Å²) in [7, 11) is 0. The van der Waals surface area contributed by atoms with E-state index in [1.54, 1.807) is 23.1 Å². The highest BCUT2D eigenvalue weighted by Gasteiger charge is 2.17. The van der Waals surface area contributed by atoms with Gasteiger partial charge in [0.25, 0.3) is 0 Å². The van der Waals surface area contributed by atoms with E-state index in [0.29, 0.717) is 6.42 Å². The van der Waals surface area contributed by atoms with Crippen LogP contribution in [0.1, 0.15) is 17.0 Å². The molecule has 6 heteroatoms. The maximum absolute atomic E-state index is 11.9. The summed E-state index contributed by atoms with van der Waals surface area (Å²) in [6.45, 7) is 1.68. The largest absolute Gasteiger partial charge is 0.306 e. The summed E-state index contributed by atoms with van der Waals surface area (Å²) in [4.78, 5) is 18.7. The van der Waals surface area contributed by atoms with Gasteiger partial charge in [-0.2, -0.15) is 0 Å². The Morgan fingerprint density at radius 3 is 3.00 bits per heavy atom. The van der Waals surface area contributed by atoms with Crippen LogP contribution in [0.15, 0.2) is 35.2 Å². The molecule has 0 aliphatic carbocycles. The highest BCUT2D eigenvalue weighted by molar-refractivity contribution is 7.99. The molecule has 1 aromatic heterocycles. The Morgan fingerprint density at radius 1 is 1.35 bits per heavy atom. The number of amides is 1. The first-order valence-electron chi connectivity index (χ1n) is 6.48. The first-order chi connectivity index (χ1) is 9.81. The fourth-order valence-corrected chi connectivity index (χ4v) is 3.80. The third kappa shape index (κ3) is 3.39. The SMILES string of the molecule is O=C(CCSc1ccccc1)Nc1nc2c(s1)CNC2. The van der Waals surface area contributed by atoms with E-state index in [0.717, 1.165) is 29.7 Å². The summed E-state index contributed by atoms with van der Waals surface area (Å²) in [5.41, 5.74) is 1.07. The van der Waals surface area contributed by atoms with Gasteiger partial charge in [-0.3, -0.25) is 4.79 Å². The number of nitrogens with one attached hydrogen (secondary N) is 2. The summed E-state index contributed by atoms with van der Waals surface area (Å²) in [6, 6.07) is 10.1. The Hall–Kier alpha value is -1.37. The van der Waals surface area contributed by atoms with Crippen molar-refractivity contribution in [2.75, 3.05) is 11.1 Å². The fourth-order valence-electron chi connectivity index (χ4n) is 1.97. The molecule has 1 aliphatic rings. The van der Waals surface area contributed by atoms with Crippen molar-refractivity contribution in [2.45, 2.75) is 24.4 Å². The number of hydrogen-bond acceptors (Lipinski definition) is 5. The lowest BCUT2D eigenvalue weighted by Gasteiger charge is -2.02. The molecule has 2 aromatic rings. The number of carbonyl (C=O) groups excluding carboxylic acids is 1. The van der Waals surface area contributed by atoms with Gasteiger partial charge >= 0.3 is 0 Å². The number of aromatic nitrogens is 1. The van der Waals surface area contributed by atoms with E-state index in [1.807, 2.05) is 18.2 Å². The van der Waals surface area contributed by atoms with Crippen molar-refractivity contribution in [2.24, 2.45) is 0 Å². The Balaban J connectivity index is 1.45. The normalized spacial score (nSPS) is 13.2. The third-order valence-electron chi connectivity index (χ3n) is 2.94. The van der Waals surface area contributed by atoms with Gasteiger partial charge in [-0.1, -0.05) is 18.2 Å². The molecular weight excluding hydrogens is 290 g/mol. The Labute approximate surface area is 126 Å². The van der Waals surface area contributed by atoms with Crippen LogP contribution in [-0.4, -0.2) is 16.6 Å². The number of thiazole rings is 1. The molecule has 0 fully saturated rings. The van der Waals surface area contributed by atoms with Crippen molar-refractivity contribution in [3.63, 3.8) is 0 Å². The number of rotatable bonds is 5. The maximum atomic E-state index is 11.9. The average Bonchev–Trinajstić information content (AvgIpc) is 3.01. The van der Waals surface area contributed by atoms with Crippen molar-refractivity contribution < 1.29 is 4.79 Å². The smallest absolute Gasteiger partial charge is 0.226 e. The molecule has 0 atom stereocenters. The quantitative estimate of drug-likeness (QED) is 0.834. The Kier molecular flexibility index (Phi) is 4.34. The van der Waals surface area contributed by atoms with Crippen LogP contribution in [0, 0.1) is 0 Å². The predicted octanol–water partition coefficient (Wildman–Crippen LogP) is 2.87. The summed E-state index contributed by atoms with van der Waals surface area (Å²) in [5, 5.41) is 6.85. The predicted molar refractivity (Wildman–Crippen MR) is 83.1 cm³/mol. The van der Waals surface area contributed by atoms with Gasteiger partial charge < -0.3 is 10.6 Å². The number of fused-ring (bicyclic) bond motifs is 1. The second-order valence-corrected chi connectivity index (χ2v) is 6.70. The molecule has 0 unspecified atom stereocenters. The van der Waals surface area contributed by atoms with Crippen LogP contribution in [0.5, 0.6) is 0 Å². The van der Waals surface area contributed by atoms with E-state index in [9.17, 15) is 4.79 Å². The number of hydrogen-bond donors (Lipinski definition) is 2. The number of nitrogens with zero attached hydrogens (tertiary/aromatic N) is 1. The number of benzene rings is 1. The van der Waals surface area contributed by atoms with Gasteiger partial charge in [0, 0.05) is 35.0 Å². The minimum absolute atomic E-state index is 0.0359. The van der Waals surface area contributed by atoms with E-state index in [1.165, 1.54) is 9.77 Å². The first kappa shape index (κ1) is 13.6. The summed E-state index contributed by atoms with van der Waals surface area (Å²) in [5.74, 6) is 0.816. The van der Waals surface area contributed by atoms with Gasteiger partial charge in [0.05, 0.1) is 5.69 Å². The zero-order chi connectivity index (χ0) is 13.8. The van der Waals surface area contributed by atoms with E-state index in [4.69, 9.17) is 0 Å². The molecule has 2 N–H and O–H groups in total. The van der Waals surface area contributed by atoms with Crippen LogP contribution >= 0.6 is 23.1 Å². The molecule has 0 spiro atoms. The standard InChI is InChI=1S/C14H15N3OS2/c18-13(6-7-19-10-4-2-1-3-5-10)17-14-16-11-8-15-9-12(11)20-14/h1-5,15H,6-9H2,(H,16,17,18). The van der Waals surface area contributed by atoms with Gasteiger partial charge in [-0.25, -0.2) is 4.98 Å². The van der Waals surface area contributed by atoms with Crippen molar-refractivity contribution >= 4 is 34.1 Å². The van der Waals surface area contributed by atoms with E-state index in [-0.39, 0.29) is 5.91 Å². The Bertz CT molecular complexity index is 576. The number of thioether (sulfide) groups is 1. The molecule has 1 amide bonds. The van der Waals surface area contributed by atoms with Crippen LogP contribution in [0.4, 0.5) is 5.13 Å². The third-order valence-corrected chi connectivity index (χ3v) is 4.97. The van der Waals surface area contributed by atoms with Crippen LogP contribution in [0.3, 0.4) is 0 Å². The van der Waals surface area contributed by atoms with Crippen LogP contribution in [0.2, 0.25) is 0 Å². The van der Waals surface area contributed by atoms with Crippen molar-refractivity contribution in [3.8, 4) is 0 Å². The molecule has 104 valence electrons. The molecule has 0 bridgehead atoms. The van der Waals surface area contributed by atoms with Gasteiger partial charge in [-0.05, 0) is 12.1 Å². The van der Waals surface area contributed by atoms with Gasteiger partial charge in [0.2, 0.25) is 5.91 Å². The molecule has 0 saturated carbocycles. The summed E-state index contributed by atoms with van der Waals surface area (Å²) >= 11 is 3.26. The van der Waals surface area contributed by atoms with Crippen molar-refractivity contribution in [1.29, 1.82) is 0 Å². The topological polar surface area (TPSA) is 54.0 Å². The highest BCUT2D eigenvalue weighted by atomic mass is 32.2. The van der Waals surface area contributed by atoms with Crippen molar-refractivity contribution in [1.82, 2.24) is 10.3 Å². The van der Waals surface area contributed by atoms with E-state index < -0.39 is 0 Å². The minimum Gasteiger partial charge on any atom is -0.306 e. The summed E-state index contributed by atoms with van der Waals surface area (Å²) < 4.78 is 0. The molecule has 1 aromatic carbocycles. The molecule has 3 rings (SSSR count). The lowest BCUT2D eigenvalue weighted by molar-refractivity contribution is -0.115. The second-order valence-electron chi connectivity index (χ2n) is 4.45. The fraction of sp³-hybridized carbons (Fsp3) is 0.286. The van der Waals surface area contributed by atoms with Gasteiger partial charge in [-0.15, -0.1) is 23.1 Å². The second kappa shape index (κ2) is 6.39. The van der Waals surface area contributed by atoms with Crippen molar-refractivity contribution in [3.05, 3.63) is 40.9 Å². The molecule has 2 heterocycles. The van der Waals surface area contributed by atoms with Crippen LogP contribution in [-0.2, 0) is 17.9 Å². The maximum Gasteiger partial charge on any atom is 0.226 e. The zero-order valence-corrected chi connectivity index (χ0v) is 12.5. The number of anilines is 1. The molecule has 4 nitrogen and oxygen atoms in total. The van der Waals surface area contributed by atoms with Gasteiger partial charge in [0.1, 0.15) is 0 Å². The lowest BCUT2D eigenvalue weighted by atomic mass is 10.4. The monoisotopic (exact) mass is 305 g/mol. The zero-order valence-electron chi connectivity index (χ0n) is 10.9. The molecule has 0 saturated heterocycles. The average molecular weight is 305 g/mol.